The largest absolute Gasteiger partial charge is 0.293 e. The molecule has 0 heterocycles. The second-order valence-electron chi connectivity index (χ2n) is 4.26. The summed E-state index contributed by atoms with van der Waals surface area (Å²) < 4.78 is 12.0. The fraction of sp³-hybridized carbons (Fsp3) is 0.133. The van der Waals surface area contributed by atoms with E-state index in [2.05, 4.69) is 0 Å². The highest BCUT2D eigenvalue weighted by atomic mass is 35.5. The van der Waals surface area contributed by atoms with Crippen LogP contribution in [0.2, 0.25) is 10.0 Å². The Morgan fingerprint density at radius 1 is 1.05 bits per heavy atom. The van der Waals surface area contributed by atoms with E-state index in [1.807, 2.05) is 30.3 Å². The lowest BCUT2D eigenvalue weighted by Crippen LogP contribution is -2.13. The second-order valence-corrected chi connectivity index (χ2v) is 6.56. The molecule has 0 aliphatic rings. The molecule has 104 valence electrons. The Morgan fingerprint density at radius 2 is 1.75 bits per heavy atom. The Hall–Kier alpha value is -1.16. The van der Waals surface area contributed by atoms with Crippen molar-refractivity contribution >= 4 is 39.8 Å². The van der Waals surface area contributed by atoms with Gasteiger partial charge >= 0.3 is 0 Å². The standard InChI is InChI=1S/C15H12Cl2O2S/c16-12-6-7-14(17)13(8-12)15(18)10-20(19)9-11-4-2-1-3-5-11/h1-8H,9-10H2. The Labute approximate surface area is 130 Å². The first-order chi connectivity index (χ1) is 9.56. The maximum atomic E-state index is 12.1. The molecule has 0 aliphatic heterocycles. The zero-order valence-corrected chi connectivity index (χ0v) is 12.8. The fourth-order valence-corrected chi connectivity index (χ4v) is 3.26. The van der Waals surface area contributed by atoms with Crippen molar-refractivity contribution in [3.8, 4) is 0 Å². The van der Waals surface area contributed by atoms with E-state index in [0.29, 0.717) is 21.4 Å². The smallest absolute Gasteiger partial charge is 0.176 e. The average Bonchev–Trinajstić information content (AvgIpc) is 2.42. The molecule has 20 heavy (non-hydrogen) atoms. The third-order valence-electron chi connectivity index (χ3n) is 2.69. The van der Waals surface area contributed by atoms with Crippen LogP contribution in [0.4, 0.5) is 0 Å². The molecule has 0 amide bonds. The number of benzene rings is 2. The van der Waals surface area contributed by atoms with Gasteiger partial charge in [-0.25, -0.2) is 0 Å². The van der Waals surface area contributed by atoms with Gasteiger partial charge in [0.1, 0.15) is 0 Å². The quantitative estimate of drug-likeness (QED) is 0.774. The molecule has 0 N–H and O–H groups in total. The summed E-state index contributed by atoms with van der Waals surface area (Å²) in [6, 6.07) is 14.1. The minimum atomic E-state index is -1.27. The normalized spacial score (nSPS) is 12.1. The zero-order chi connectivity index (χ0) is 14.5. The molecule has 0 bridgehead atoms. The van der Waals surface area contributed by atoms with Crippen LogP contribution in [0.5, 0.6) is 0 Å². The number of ketones is 1. The monoisotopic (exact) mass is 326 g/mol. The zero-order valence-electron chi connectivity index (χ0n) is 10.5. The van der Waals surface area contributed by atoms with E-state index in [-0.39, 0.29) is 11.5 Å². The first-order valence-corrected chi connectivity index (χ1v) is 8.18. The second kappa shape index (κ2) is 7.02. The number of halogens is 2. The SMILES string of the molecule is O=C(CS(=O)Cc1ccccc1)c1cc(Cl)ccc1Cl. The Balaban J connectivity index is 2.04. The van der Waals surface area contributed by atoms with Crippen LogP contribution in [-0.2, 0) is 16.6 Å². The van der Waals surface area contributed by atoms with Crippen LogP contribution >= 0.6 is 23.2 Å². The molecule has 0 aliphatic carbocycles. The van der Waals surface area contributed by atoms with Gasteiger partial charge in [0.2, 0.25) is 0 Å². The summed E-state index contributed by atoms with van der Waals surface area (Å²) in [6.45, 7) is 0. The van der Waals surface area contributed by atoms with Crippen LogP contribution in [0.15, 0.2) is 48.5 Å². The van der Waals surface area contributed by atoms with Gasteiger partial charge in [-0.2, -0.15) is 0 Å². The number of hydrogen-bond donors (Lipinski definition) is 0. The highest BCUT2D eigenvalue weighted by molar-refractivity contribution is 7.85. The lowest BCUT2D eigenvalue weighted by Gasteiger charge is -2.05. The predicted molar refractivity (Wildman–Crippen MR) is 83.9 cm³/mol. The predicted octanol–water partition coefficient (Wildman–Crippen LogP) is 4.13. The van der Waals surface area contributed by atoms with Crippen molar-refractivity contribution in [3.63, 3.8) is 0 Å². The van der Waals surface area contributed by atoms with Crippen LogP contribution in [0.3, 0.4) is 0 Å². The topological polar surface area (TPSA) is 34.1 Å². The van der Waals surface area contributed by atoms with E-state index >= 15 is 0 Å². The van der Waals surface area contributed by atoms with E-state index in [4.69, 9.17) is 23.2 Å². The molecule has 0 saturated carbocycles. The molecule has 2 rings (SSSR count). The van der Waals surface area contributed by atoms with Crippen molar-refractivity contribution in [1.82, 2.24) is 0 Å². The highest BCUT2D eigenvalue weighted by Gasteiger charge is 2.14. The maximum absolute atomic E-state index is 12.1. The van der Waals surface area contributed by atoms with Gasteiger partial charge in [-0.15, -0.1) is 0 Å². The van der Waals surface area contributed by atoms with E-state index in [0.717, 1.165) is 5.56 Å². The summed E-state index contributed by atoms with van der Waals surface area (Å²) in [7, 11) is -1.27. The maximum Gasteiger partial charge on any atom is 0.176 e. The number of carbonyl (C=O) groups excluding carboxylic acids is 1. The van der Waals surface area contributed by atoms with Crippen LogP contribution in [-0.4, -0.2) is 15.7 Å². The molecule has 2 aromatic carbocycles. The van der Waals surface area contributed by atoms with E-state index in [1.165, 1.54) is 6.07 Å². The Kier molecular flexibility index (Phi) is 5.35. The number of rotatable bonds is 5. The molecular formula is C15H12Cl2O2S. The summed E-state index contributed by atoms with van der Waals surface area (Å²) in [5.74, 6) is 0.0338. The van der Waals surface area contributed by atoms with Gasteiger partial charge in [0, 0.05) is 27.1 Å². The first kappa shape index (κ1) is 15.2. The molecule has 0 radical (unpaired) electrons. The van der Waals surface area contributed by atoms with Gasteiger partial charge < -0.3 is 0 Å². The van der Waals surface area contributed by atoms with Gasteiger partial charge in [-0.05, 0) is 23.8 Å². The van der Waals surface area contributed by atoms with Crippen LogP contribution in [0.1, 0.15) is 15.9 Å². The molecule has 0 saturated heterocycles. The summed E-state index contributed by atoms with van der Waals surface area (Å²) in [5.41, 5.74) is 1.26. The molecule has 0 spiro atoms. The molecule has 5 heteroatoms. The van der Waals surface area contributed by atoms with Gasteiger partial charge in [-0.3, -0.25) is 9.00 Å². The summed E-state index contributed by atoms with van der Waals surface area (Å²) in [4.78, 5) is 12.1. The number of carbonyl (C=O) groups is 1. The lowest BCUT2D eigenvalue weighted by molar-refractivity contribution is 0.102. The van der Waals surface area contributed by atoms with Gasteiger partial charge in [-0.1, -0.05) is 53.5 Å². The third kappa shape index (κ3) is 4.17. The molecule has 1 unspecified atom stereocenters. The Bertz CT molecular complexity index is 642. The molecule has 1 atom stereocenters. The summed E-state index contributed by atoms with van der Waals surface area (Å²) in [6.07, 6.45) is 0. The van der Waals surface area contributed by atoms with Gasteiger partial charge in [0.15, 0.2) is 5.78 Å². The van der Waals surface area contributed by atoms with E-state index < -0.39 is 10.8 Å². The fourth-order valence-electron chi connectivity index (χ4n) is 1.75. The summed E-state index contributed by atoms with van der Waals surface area (Å²) in [5, 5.41) is 0.766. The van der Waals surface area contributed by atoms with Crippen molar-refractivity contribution in [2.45, 2.75) is 5.75 Å². The Morgan fingerprint density at radius 3 is 2.45 bits per heavy atom. The van der Waals surface area contributed by atoms with E-state index in [9.17, 15) is 9.00 Å². The highest BCUT2D eigenvalue weighted by Crippen LogP contribution is 2.21. The van der Waals surface area contributed by atoms with Crippen molar-refractivity contribution in [2.24, 2.45) is 0 Å². The molecular weight excluding hydrogens is 315 g/mol. The number of Topliss-reactive ketones (excluding diaryl/α,β-unsaturated/α-hetero) is 1. The average molecular weight is 327 g/mol. The van der Waals surface area contributed by atoms with Gasteiger partial charge in [0.05, 0.1) is 10.8 Å². The van der Waals surface area contributed by atoms with Crippen LogP contribution in [0, 0.1) is 0 Å². The van der Waals surface area contributed by atoms with Crippen molar-refractivity contribution < 1.29 is 9.00 Å². The minimum absolute atomic E-state index is 0.0606. The first-order valence-electron chi connectivity index (χ1n) is 5.93. The minimum Gasteiger partial charge on any atom is -0.293 e. The molecule has 0 aromatic heterocycles. The third-order valence-corrected chi connectivity index (χ3v) is 4.50. The van der Waals surface area contributed by atoms with Crippen LogP contribution < -0.4 is 0 Å². The van der Waals surface area contributed by atoms with Crippen LogP contribution in [0.25, 0.3) is 0 Å². The molecule has 2 nitrogen and oxygen atoms in total. The van der Waals surface area contributed by atoms with Crippen molar-refractivity contribution in [1.29, 1.82) is 0 Å². The van der Waals surface area contributed by atoms with E-state index in [1.54, 1.807) is 12.1 Å². The molecule has 0 fully saturated rings. The lowest BCUT2D eigenvalue weighted by atomic mass is 10.1. The van der Waals surface area contributed by atoms with Crippen molar-refractivity contribution in [2.75, 3.05) is 5.75 Å². The number of hydrogen-bond acceptors (Lipinski definition) is 2. The van der Waals surface area contributed by atoms with Gasteiger partial charge in [0.25, 0.3) is 0 Å². The summed E-state index contributed by atoms with van der Waals surface area (Å²) >= 11 is 11.8. The van der Waals surface area contributed by atoms with Crippen molar-refractivity contribution in [3.05, 3.63) is 69.7 Å². The molecule has 2 aromatic rings.